The molecule has 0 aliphatic heterocycles. The molecule has 4 rings (SSSR count). The molecule has 3 heterocycles. The van der Waals surface area contributed by atoms with Gasteiger partial charge in [-0.2, -0.15) is 0 Å². The van der Waals surface area contributed by atoms with Crippen molar-refractivity contribution >= 4 is 22.5 Å². The van der Waals surface area contributed by atoms with Crippen LogP contribution in [0.1, 0.15) is 16.1 Å². The van der Waals surface area contributed by atoms with Gasteiger partial charge in [0, 0.05) is 29.7 Å². The fraction of sp³-hybridized carbons (Fsp3) is 0.0588. The third-order valence-corrected chi connectivity index (χ3v) is 3.76. The van der Waals surface area contributed by atoms with E-state index in [9.17, 15) is 9.90 Å². The Morgan fingerprint density at radius 1 is 1.30 bits per heavy atom. The van der Waals surface area contributed by atoms with Crippen molar-refractivity contribution in [2.75, 3.05) is 0 Å². The Kier molecular flexibility index (Phi) is 3.01. The summed E-state index contributed by atoms with van der Waals surface area (Å²) in [7, 11) is 0. The second kappa shape index (κ2) is 5.17. The second-order valence-electron chi connectivity index (χ2n) is 5.32. The van der Waals surface area contributed by atoms with Crippen LogP contribution in [0.3, 0.4) is 0 Å². The summed E-state index contributed by atoms with van der Waals surface area (Å²) in [6.07, 6.45) is 5.42. The summed E-state index contributed by atoms with van der Waals surface area (Å²) in [5.41, 5.74) is 2.67. The molecule has 3 aromatic heterocycles. The van der Waals surface area contributed by atoms with Crippen LogP contribution in [0.25, 0.3) is 16.6 Å². The van der Waals surface area contributed by atoms with Gasteiger partial charge in [0.05, 0.1) is 12.2 Å². The molecule has 1 amide bonds. The lowest BCUT2D eigenvalue weighted by atomic mass is 10.1. The number of carbonyl (C=O) groups excluding carboxylic acids is 1. The average Bonchev–Trinajstić information content (AvgIpc) is 3.18. The highest BCUT2D eigenvalue weighted by molar-refractivity contribution is 5.97. The van der Waals surface area contributed by atoms with E-state index in [4.69, 9.17) is 0 Å². The summed E-state index contributed by atoms with van der Waals surface area (Å²) in [5.74, 6) is -0.0509. The van der Waals surface area contributed by atoms with Crippen LogP contribution < -0.4 is 5.32 Å². The molecule has 0 aliphatic rings. The van der Waals surface area contributed by atoms with E-state index < -0.39 is 0 Å². The van der Waals surface area contributed by atoms with Crippen molar-refractivity contribution in [2.45, 2.75) is 6.54 Å². The van der Waals surface area contributed by atoms with E-state index in [2.05, 4.69) is 15.3 Å². The zero-order chi connectivity index (χ0) is 15.8. The number of nitrogens with zero attached hydrogens (tertiary/aromatic N) is 2. The van der Waals surface area contributed by atoms with Gasteiger partial charge in [-0.3, -0.25) is 4.79 Å². The summed E-state index contributed by atoms with van der Waals surface area (Å²) >= 11 is 0. The van der Waals surface area contributed by atoms with Gasteiger partial charge in [0.15, 0.2) is 11.4 Å². The summed E-state index contributed by atoms with van der Waals surface area (Å²) in [4.78, 5) is 19.7. The maximum atomic E-state index is 12.3. The highest BCUT2D eigenvalue weighted by Crippen LogP contribution is 2.17. The second-order valence-corrected chi connectivity index (χ2v) is 5.32. The number of aromatic nitrogens is 3. The van der Waals surface area contributed by atoms with E-state index in [0.717, 1.165) is 10.9 Å². The van der Waals surface area contributed by atoms with Crippen molar-refractivity contribution in [1.82, 2.24) is 19.7 Å². The summed E-state index contributed by atoms with van der Waals surface area (Å²) in [5, 5.41) is 13.7. The van der Waals surface area contributed by atoms with Gasteiger partial charge in [0.2, 0.25) is 0 Å². The van der Waals surface area contributed by atoms with Crippen LogP contribution in [0.2, 0.25) is 0 Å². The number of hydrogen-bond donors (Lipinski definition) is 3. The number of nitrogens with one attached hydrogen (secondary N) is 2. The van der Waals surface area contributed by atoms with E-state index in [-0.39, 0.29) is 11.7 Å². The Morgan fingerprint density at radius 2 is 2.22 bits per heavy atom. The minimum Gasteiger partial charge on any atom is -0.504 e. The fourth-order valence-corrected chi connectivity index (χ4v) is 2.60. The van der Waals surface area contributed by atoms with Crippen molar-refractivity contribution in [3.8, 4) is 5.75 Å². The Hall–Kier alpha value is -3.28. The van der Waals surface area contributed by atoms with Crippen LogP contribution >= 0.6 is 0 Å². The summed E-state index contributed by atoms with van der Waals surface area (Å²) in [6.45, 7) is 0.294. The topological polar surface area (TPSA) is 82.4 Å². The molecule has 23 heavy (non-hydrogen) atoms. The fourth-order valence-electron chi connectivity index (χ4n) is 2.60. The van der Waals surface area contributed by atoms with Crippen LogP contribution in [0.4, 0.5) is 0 Å². The zero-order valence-electron chi connectivity index (χ0n) is 12.2. The van der Waals surface area contributed by atoms with Gasteiger partial charge in [-0.15, -0.1) is 0 Å². The molecule has 1 aromatic carbocycles. The largest absolute Gasteiger partial charge is 0.504 e. The number of H-pyrrole nitrogens is 1. The third-order valence-electron chi connectivity index (χ3n) is 3.76. The maximum absolute atomic E-state index is 12.3. The SMILES string of the molecule is O=C(NCc1cn2cccc(O)c2n1)c1ccc2cc[nH]c2c1. The van der Waals surface area contributed by atoms with Crippen molar-refractivity contribution in [3.05, 3.63) is 66.2 Å². The molecule has 6 nitrogen and oxygen atoms in total. The summed E-state index contributed by atoms with van der Waals surface area (Å²) < 4.78 is 1.72. The van der Waals surface area contributed by atoms with Gasteiger partial charge < -0.3 is 19.8 Å². The minimum atomic E-state index is -0.164. The monoisotopic (exact) mass is 306 g/mol. The normalized spacial score (nSPS) is 11.1. The Morgan fingerprint density at radius 3 is 3.09 bits per heavy atom. The van der Waals surface area contributed by atoms with Crippen molar-refractivity contribution in [1.29, 1.82) is 0 Å². The van der Waals surface area contributed by atoms with Crippen LogP contribution in [0, 0.1) is 0 Å². The third kappa shape index (κ3) is 2.40. The van der Waals surface area contributed by atoms with Crippen LogP contribution in [0.5, 0.6) is 5.75 Å². The number of aromatic amines is 1. The van der Waals surface area contributed by atoms with Gasteiger partial charge in [0.25, 0.3) is 5.91 Å². The average molecular weight is 306 g/mol. The molecular weight excluding hydrogens is 292 g/mol. The number of aromatic hydroxyl groups is 1. The highest BCUT2D eigenvalue weighted by Gasteiger charge is 2.09. The Bertz CT molecular complexity index is 1020. The maximum Gasteiger partial charge on any atom is 0.251 e. The number of hydrogen-bond acceptors (Lipinski definition) is 3. The van der Waals surface area contributed by atoms with Crippen molar-refractivity contribution in [3.63, 3.8) is 0 Å². The smallest absolute Gasteiger partial charge is 0.251 e. The molecule has 0 saturated heterocycles. The van der Waals surface area contributed by atoms with Crippen molar-refractivity contribution < 1.29 is 9.90 Å². The zero-order valence-corrected chi connectivity index (χ0v) is 12.2. The van der Waals surface area contributed by atoms with E-state index >= 15 is 0 Å². The minimum absolute atomic E-state index is 0.113. The molecule has 0 saturated carbocycles. The van der Waals surface area contributed by atoms with E-state index in [0.29, 0.717) is 23.4 Å². The number of pyridine rings is 1. The van der Waals surface area contributed by atoms with Crippen LogP contribution in [-0.4, -0.2) is 25.4 Å². The van der Waals surface area contributed by atoms with E-state index in [1.54, 1.807) is 35.0 Å². The number of amides is 1. The highest BCUT2D eigenvalue weighted by atomic mass is 16.3. The van der Waals surface area contributed by atoms with Gasteiger partial charge in [0.1, 0.15) is 0 Å². The predicted octanol–water partition coefficient (Wildman–Crippen LogP) is 2.45. The van der Waals surface area contributed by atoms with Gasteiger partial charge in [-0.25, -0.2) is 4.98 Å². The van der Waals surface area contributed by atoms with Gasteiger partial charge in [-0.1, -0.05) is 6.07 Å². The quantitative estimate of drug-likeness (QED) is 0.544. The first-order chi connectivity index (χ1) is 11.2. The number of benzene rings is 1. The van der Waals surface area contributed by atoms with Crippen molar-refractivity contribution in [2.24, 2.45) is 0 Å². The van der Waals surface area contributed by atoms with E-state index in [1.807, 2.05) is 24.4 Å². The molecular formula is C17H14N4O2. The first-order valence-corrected chi connectivity index (χ1v) is 7.21. The first-order valence-electron chi connectivity index (χ1n) is 7.21. The molecule has 6 heteroatoms. The molecule has 3 N–H and O–H groups in total. The molecule has 0 spiro atoms. The lowest BCUT2D eigenvalue weighted by molar-refractivity contribution is 0.0950. The molecule has 0 bridgehead atoms. The summed E-state index contributed by atoms with van der Waals surface area (Å²) in [6, 6.07) is 10.8. The van der Waals surface area contributed by atoms with E-state index in [1.165, 1.54) is 0 Å². The predicted molar refractivity (Wildman–Crippen MR) is 86.3 cm³/mol. The standard InChI is InChI=1S/C17H14N4O2/c22-15-2-1-7-21-10-13(20-16(15)21)9-19-17(23)12-4-3-11-5-6-18-14(11)8-12/h1-8,10,18,22H,9H2,(H,19,23). The molecule has 0 aliphatic carbocycles. The van der Waals surface area contributed by atoms with Crippen LogP contribution in [0.15, 0.2) is 55.0 Å². The number of carbonyl (C=O) groups is 1. The number of rotatable bonds is 3. The molecule has 0 unspecified atom stereocenters. The first kappa shape index (κ1) is 13.4. The van der Waals surface area contributed by atoms with Crippen LogP contribution in [-0.2, 0) is 6.54 Å². The molecule has 0 radical (unpaired) electrons. The molecule has 4 aromatic rings. The number of fused-ring (bicyclic) bond motifs is 2. The lowest BCUT2D eigenvalue weighted by Crippen LogP contribution is -2.22. The Labute approximate surface area is 131 Å². The number of imidazole rings is 1. The van der Waals surface area contributed by atoms with Gasteiger partial charge in [-0.05, 0) is 35.7 Å². The van der Waals surface area contributed by atoms with Gasteiger partial charge >= 0.3 is 0 Å². The molecule has 0 fully saturated rings. The lowest BCUT2D eigenvalue weighted by Gasteiger charge is -2.03. The molecule has 114 valence electrons. The Balaban J connectivity index is 1.52. The molecule has 0 atom stereocenters.